The molecule has 0 spiro atoms. The number of hydrogen-bond donors (Lipinski definition) is 1. The van der Waals surface area contributed by atoms with Gasteiger partial charge in [0, 0.05) is 52.4 Å². The van der Waals surface area contributed by atoms with Crippen LogP contribution in [0.3, 0.4) is 0 Å². The van der Waals surface area contributed by atoms with Gasteiger partial charge in [-0.1, -0.05) is 13.8 Å². The maximum atomic E-state index is 5.76. The molecule has 2 aliphatic rings. The fraction of sp³-hybridized carbons (Fsp3) is 0.947. The van der Waals surface area contributed by atoms with Crippen molar-refractivity contribution in [2.24, 2.45) is 10.9 Å². The molecule has 0 aromatic carbocycles. The van der Waals surface area contributed by atoms with Crippen LogP contribution in [-0.2, 0) is 9.47 Å². The minimum Gasteiger partial charge on any atom is -0.379 e. The molecule has 26 heavy (non-hydrogen) atoms. The Bertz CT molecular complexity index is 395. The van der Waals surface area contributed by atoms with E-state index in [0.717, 1.165) is 71.3 Å². The largest absolute Gasteiger partial charge is 0.379 e. The van der Waals surface area contributed by atoms with Crippen LogP contribution in [0, 0.1) is 5.92 Å². The molecule has 6 nitrogen and oxygen atoms in total. The predicted octanol–water partition coefficient (Wildman–Crippen LogP) is 2.43. The van der Waals surface area contributed by atoms with Crippen LogP contribution in [0.5, 0.6) is 0 Å². The molecular weight excluding hydrogens is 443 g/mol. The molecule has 0 bridgehead atoms. The van der Waals surface area contributed by atoms with Crippen LogP contribution in [0.1, 0.15) is 40.0 Å². The van der Waals surface area contributed by atoms with Gasteiger partial charge in [-0.3, -0.25) is 9.89 Å². The van der Waals surface area contributed by atoms with Crippen molar-refractivity contribution in [3.8, 4) is 0 Å². The second kappa shape index (κ2) is 13.1. The van der Waals surface area contributed by atoms with Gasteiger partial charge >= 0.3 is 0 Å². The average molecular weight is 482 g/mol. The molecule has 1 unspecified atom stereocenters. The first-order valence-electron chi connectivity index (χ1n) is 10.0. The molecule has 2 aliphatic heterocycles. The van der Waals surface area contributed by atoms with Crippen LogP contribution >= 0.6 is 24.0 Å². The Morgan fingerprint density at radius 2 is 1.85 bits per heavy atom. The normalized spacial score (nSPS) is 21.6. The average Bonchev–Trinajstić information content (AvgIpc) is 2.63. The highest BCUT2D eigenvalue weighted by Crippen LogP contribution is 2.15. The molecule has 1 atom stereocenters. The lowest BCUT2D eigenvalue weighted by atomic mass is 10.0. The van der Waals surface area contributed by atoms with Crippen LogP contribution in [-0.4, -0.2) is 87.5 Å². The Morgan fingerprint density at radius 3 is 2.38 bits per heavy atom. The second-order valence-corrected chi connectivity index (χ2v) is 7.50. The lowest BCUT2D eigenvalue weighted by molar-refractivity contribution is 0.0127. The number of ether oxygens (including phenoxy) is 2. The number of nitrogens with zero attached hydrogens (tertiary/aromatic N) is 3. The van der Waals surface area contributed by atoms with Crippen LogP contribution in [0.4, 0.5) is 0 Å². The zero-order valence-corrected chi connectivity index (χ0v) is 19.4. The Kier molecular flexibility index (Phi) is 12.1. The molecule has 0 radical (unpaired) electrons. The van der Waals surface area contributed by atoms with Gasteiger partial charge in [0.15, 0.2) is 5.96 Å². The zero-order chi connectivity index (χ0) is 18.1. The highest BCUT2D eigenvalue weighted by molar-refractivity contribution is 14.0. The Hall–Kier alpha value is -0.120. The molecule has 0 saturated carbocycles. The molecular formula is C19H39IN4O2. The molecule has 2 saturated heterocycles. The molecule has 0 aliphatic carbocycles. The van der Waals surface area contributed by atoms with Crippen molar-refractivity contribution in [1.29, 1.82) is 0 Å². The van der Waals surface area contributed by atoms with Gasteiger partial charge in [0.25, 0.3) is 0 Å². The Labute approximate surface area is 177 Å². The molecule has 0 aromatic rings. The minimum atomic E-state index is 0. The monoisotopic (exact) mass is 482 g/mol. The third-order valence-corrected chi connectivity index (χ3v) is 5.16. The van der Waals surface area contributed by atoms with E-state index in [1.54, 1.807) is 0 Å². The van der Waals surface area contributed by atoms with Gasteiger partial charge in [0.2, 0.25) is 0 Å². The molecule has 1 N–H and O–H groups in total. The summed E-state index contributed by atoms with van der Waals surface area (Å²) in [4.78, 5) is 9.48. The fourth-order valence-electron chi connectivity index (χ4n) is 3.86. The maximum absolute atomic E-state index is 5.76. The van der Waals surface area contributed by atoms with Crippen molar-refractivity contribution < 1.29 is 9.47 Å². The summed E-state index contributed by atoms with van der Waals surface area (Å²) in [6, 6.07) is 0.543. The van der Waals surface area contributed by atoms with E-state index in [4.69, 9.17) is 9.47 Å². The first kappa shape index (κ1) is 23.9. The predicted molar refractivity (Wildman–Crippen MR) is 119 cm³/mol. The van der Waals surface area contributed by atoms with Crippen molar-refractivity contribution in [2.45, 2.75) is 52.2 Å². The van der Waals surface area contributed by atoms with Gasteiger partial charge in [-0.25, -0.2) is 0 Å². The number of rotatable bonds is 7. The quantitative estimate of drug-likeness (QED) is 0.343. The molecule has 2 fully saturated rings. The first-order chi connectivity index (χ1) is 12.1. The van der Waals surface area contributed by atoms with Gasteiger partial charge in [-0.15, -0.1) is 24.0 Å². The third kappa shape index (κ3) is 7.86. The second-order valence-electron chi connectivity index (χ2n) is 7.50. The van der Waals surface area contributed by atoms with Crippen LogP contribution in [0.2, 0.25) is 0 Å². The van der Waals surface area contributed by atoms with E-state index < -0.39 is 0 Å². The summed E-state index contributed by atoms with van der Waals surface area (Å²) in [5.41, 5.74) is 0. The van der Waals surface area contributed by atoms with Crippen molar-refractivity contribution in [1.82, 2.24) is 15.1 Å². The van der Waals surface area contributed by atoms with Gasteiger partial charge in [0.1, 0.15) is 0 Å². The summed E-state index contributed by atoms with van der Waals surface area (Å²) in [6.45, 7) is 14.3. The summed E-state index contributed by atoms with van der Waals surface area (Å²) in [6.07, 6.45) is 3.80. The van der Waals surface area contributed by atoms with E-state index in [2.05, 4.69) is 40.9 Å². The number of hydrogen-bond acceptors (Lipinski definition) is 4. The van der Waals surface area contributed by atoms with Crippen molar-refractivity contribution in [3.63, 3.8) is 0 Å². The first-order valence-corrected chi connectivity index (χ1v) is 10.0. The van der Waals surface area contributed by atoms with Crippen LogP contribution in [0.15, 0.2) is 4.99 Å². The lowest BCUT2D eigenvalue weighted by Crippen LogP contribution is -2.53. The Balaban J connectivity index is 0.00000338. The number of aliphatic imine (C=N–C) groups is 1. The van der Waals surface area contributed by atoms with E-state index in [1.807, 2.05) is 7.05 Å². The lowest BCUT2D eigenvalue weighted by Gasteiger charge is -2.38. The van der Waals surface area contributed by atoms with E-state index in [-0.39, 0.29) is 24.0 Å². The molecule has 2 heterocycles. The SMILES string of the molecule is CCOC1CCN(C(=NC)NCC(CC(C)C)N2CCOCC2)CC1.I. The van der Waals surface area contributed by atoms with Gasteiger partial charge < -0.3 is 19.7 Å². The van der Waals surface area contributed by atoms with Crippen LogP contribution in [0.25, 0.3) is 0 Å². The van der Waals surface area contributed by atoms with E-state index in [1.165, 1.54) is 6.42 Å². The minimum absolute atomic E-state index is 0. The summed E-state index contributed by atoms with van der Waals surface area (Å²) in [5, 5.41) is 3.64. The summed E-state index contributed by atoms with van der Waals surface area (Å²) < 4.78 is 11.3. The zero-order valence-electron chi connectivity index (χ0n) is 17.1. The summed E-state index contributed by atoms with van der Waals surface area (Å²) in [5.74, 6) is 1.73. The van der Waals surface area contributed by atoms with Crippen molar-refractivity contribution >= 4 is 29.9 Å². The van der Waals surface area contributed by atoms with Gasteiger partial charge in [-0.2, -0.15) is 0 Å². The number of nitrogens with one attached hydrogen (secondary N) is 1. The number of guanidine groups is 1. The number of piperidine rings is 1. The molecule has 7 heteroatoms. The smallest absolute Gasteiger partial charge is 0.193 e. The summed E-state index contributed by atoms with van der Waals surface area (Å²) >= 11 is 0. The van der Waals surface area contributed by atoms with Crippen molar-refractivity contribution in [2.75, 3.05) is 59.6 Å². The molecule has 154 valence electrons. The molecule has 0 amide bonds. The highest BCUT2D eigenvalue weighted by atomic mass is 127. The fourth-order valence-corrected chi connectivity index (χ4v) is 3.86. The number of halogens is 1. The van der Waals surface area contributed by atoms with Gasteiger partial charge in [-0.05, 0) is 32.1 Å². The number of morpholine rings is 1. The van der Waals surface area contributed by atoms with E-state index in [0.29, 0.717) is 18.1 Å². The molecule has 2 rings (SSSR count). The van der Waals surface area contributed by atoms with E-state index in [9.17, 15) is 0 Å². The number of likely N-dealkylation sites (tertiary alicyclic amines) is 1. The molecule has 0 aromatic heterocycles. The summed E-state index contributed by atoms with van der Waals surface area (Å²) in [7, 11) is 1.89. The Morgan fingerprint density at radius 1 is 1.19 bits per heavy atom. The van der Waals surface area contributed by atoms with E-state index >= 15 is 0 Å². The van der Waals surface area contributed by atoms with Crippen molar-refractivity contribution in [3.05, 3.63) is 0 Å². The standard InChI is InChI=1S/C19H38N4O2.HI/c1-5-25-18-6-8-23(9-7-18)19(20-4)21-15-17(14-16(2)3)22-10-12-24-13-11-22;/h16-18H,5-15H2,1-4H3,(H,20,21);1H. The highest BCUT2D eigenvalue weighted by Gasteiger charge is 2.25. The van der Waals surface area contributed by atoms with Gasteiger partial charge in [0.05, 0.1) is 19.3 Å². The maximum Gasteiger partial charge on any atom is 0.193 e. The topological polar surface area (TPSA) is 49.3 Å². The van der Waals surface area contributed by atoms with Crippen LogP contribution < -0.4 is 5.32 Å². The third-order valence-electron chi connectivity index (χ3n) is 5.16.